The Hall–Kier alpha value is -2.26. The summed E-state index contributed by atoms with van der Waals surface area (Å²) in [4.78, 5) is 14.2. The Labute approximate surface area is 201 Å². The Balaban J connectivity index is 1.63. The van der Waals surface area contributed by atoms with Crippen LogP contribution in [-0.4, -0.2) is 58.7 Å². The Morgan fingerprint density at radius 1 is 1.12 bits per heavy atom. The highest BCUT2D eigenvalue weighted by Gasteiger charge is 2.54. The number of piperidine rings is 1. The predicted octanol–water partition coefficient (Wildman–Crippen LogP) is 5.26. The van der Waals surface area contributed by atoms with Gasteiger partial charge < -0.3 is 28.8 Å². The number of carbonyl (C=O) groups excluding carboxylic acids is 1. The normalized spacial score (nSPS) is 24.5. The number of carbonyl (C=O) groups is 1. The number of amides is 1. The number of phenols is 1. The van der Waals surface area contributed by atoms with Gasteiger partial charge in [-0.2, -0.15) is 0 Å². The van der Waals surface area contributed by atoms with Gasteiger partial charge in [0.1, 0.15) is 28.4 Å². The molecule has 186 valence electrons. The number of fused-ring (bicyclic) bond motifs is 1. The maximum atomic E-state index is 16.0. The number of benzene rings is 1. The van der Waals surface area contributed by atoms with Gasteiger partial charge in [0.05, 0.1) is 11.2 Å². The monoisotopic (exact) mass is 475 g/mol. The molecule has 34 heavy (non-hydrogen) atoms. The predicted molar refractivity (Wildman–Crippen MR) is 127 cm³/mol. The van der Waals surface area contributed by atoms with E-state index in [0.29, 0.717) is 49.2 Å². The van der Waals surface area contributed by atoms with Crippen molar-refractivity contribution in [1.82, 2.24) is 4.90 Å². The first-order valence-electron chi connectivity index (χ1n) is 11.9. The molecular weight excluding hydrogens is 440 g/mol. The summed E-state index contributed by atoms with van der Waals surface area (Å²) in [6.07, 6.45) is 0.946. The van der Waals surface area contributed by atoms with Gasteiger partial charge in [-0.1, -0.05) is 0 Å². The van der Waals surface area contributed by atoms with Gasteiger partial charge in [-0.25, -0.2) is 9.18 Å². The van der Waals surface area contributed by atoms with Crippen LogP contribution in [0.3, 0.4) is 0 Å². The maximum absolute atomic E-state index is 16.0. The van der Waals surface area contributed by atoms with Crippen LogP contribution >= 0.6 is 0 Å². The van der Waals surface area contributed by atoms with Crippen LogP contribution in [0.1, 0.15) is 73.3 Å². The smallest absolute Gasteiger partial charge is 0.508 e. The molecule has 0 atom stereocenters. The number of phenolic OH excluding ortho intramolecular Hbond substituents is 1. The summed E-state index contributed by atoms with van der Waals surface area (Å²) in [6, 6.07) is 4.68. The van der Waals surface area contributed by atoms with Crippen molar-refractivity contribution >= 4 is 18.8 Å². The third kappa shape index (κ3) is 4.64. The Morgan fingerprint density at radius 3 is 2.26 bits per heavy atom. The van der Waals surface area contributed by atoms with E-state index in [1.807, 2.05) is 48.5 Å². The summed E-state index contributed by atoms with van der Waals surface area (Å²) in [5.74, 6) is 0.455. The van der Waals surface area contributed by atoms with Crippen molar-refractivity contribution in [2.45, 2.75) is 90.1 Å². The quantitative estimate of drug-likeness (QED) is 0.559. The Morgan fingerprint density at radius 2 is 1.71 bits per heavy atom. The maximum Gasteiger partial charge on any atom is 0.525 e. The van der Waals surface area contributed by atoms with Crippen molar-refractivity contribution in [3.63, 3.8) is 0 Å². The zero-order chi connectivity index (χ0) is 25.1. The Kier molecular flexibility index (Phi) is 5.96. The highest BCUT2D eigenvalue weighted by atomic mass is 19.1. The largest absolute Gasteiger partial charge is 0.525 e. The summed E-state index contributed by atoms with van der Waals surface area (Å²) in [5, 5.41) is 10.1. The first-order valence-corrected chi connectivity index (χ1v) is 11.9. The fraction of sp³-hybridized carbons (Fsp3) is 0.640. The molecule has 0 aliphatic carbocycles. The van der Waals surface area contributed by atoms with Crippen molar-refractivity contribution in [2.24, 2.45) is 0 Å². The van der Waals surface area contributed by atoms with Crippen LogP contribution in [0.2, 0.25) is 0 Å². The highest BCUT2D eigenvalue weighted by molar-refractivity contribution is 6.55. The number of hydrogen-bond donors (Lipinski definition) is 1. The van der Waals surface area contributed by atoms with E-state index in [1.54, 1.807) is 11.0 Å². The second-order valence-corrected chi connectivity index (χ2v) is 11.5. The second kappa shape index (κ2) is 8.16. The topological polar surface area (TPSA) is 77.5 Å². The van der Waals surface area contributed by atoms with Crippen molar-refractivity contribution in [2.75, 3.05) is 13.1 Å². The number of aromatic hydroxyl groups is 1. The van der Waals surface area contributed by atoms with E-state index in [2.05, 4.69) is 0 Å². The molecule has 3 aliphatic heterocycles. The molecule has 2 fully saturated rings. The highest BCUT2D eigenvalue weighted by Crippen LogP contribution is 2.49. The molecule has 1 N–H and O–H groups in total. The molecule has 3 aliphatic rings. The molecule has 9 heteroatoms. The fourth-order valence-corrected chi connectivity index (χ4v) is 4.54. The molecule has 0 bridgehead atoms. The van der Waals surface area contributed by atoms with E-state index in [4.69, 9.17) is 18.8 Å². The zero-order valence-corrected chi connectivity index (χ0v) is 21.2. The fourth-order valence-electron chi connectivity index (χ4n) is 4.54. The van der Waals surface area contributed by atoms with Crippen molar-refractivity contribution in [3.05, 3.63) is 29.5 Å². The molecule has 3 heterocycles. The molecule has 1 amide bonds. The molecule has 0 saturated carbocycles. The first-order chi connectivity index (χ1) is 15.6. The van der Waals surface area contributed by atoms with E-state index in [1.165, 1.54) is 12.1 Å². The number of rotatable bonds is 1. The molecule has 4 rings (SSSR count). The van der Waals surface area contributed by atoms with E-state index in [9.17, 15) is 9.90 Å². The lowest BCUT2D eigenvalue weighted by atomic mass is 9.75. The zero-order valence-electron chi connectivity index (χ0n) is 21.2. The minimum absolute atomic E-state index is 0.0392. The molecule has 1 aromatic rings. The number of nitrogens with zero attached hydrogens (tertiary/aromatic N) is 1. The SMILES string of the molecule is CC(C)(C)OC(=O)N1CCC2(CC1)CC(=C(F)B1OC(C)(C)C(C)(C)O1)c1ccc(O)cc1O2. The molecule has 1 spiro atoms. The van der Waals surface area contributed by atoms with Gasteiger partial charge in [0.25, 0.3) is 0 Å². The minimum Gasteiger partial charge on any atom is -0.508 e. The molecule has 1 aromatic carbocycles. The number of likely N-dealkylation sites (tertiary alicyclic amines) is 1. The average Bonchev–Trinajstić information content (AvgIpc) is 2.93. The summed E-state index contributed by atoms with van der Waals surface area (Å²) in [6.45, 7) is 13.9. The van der Waals surface area contributed by atoms with E-state index >= 15 is 4.39 Å². The van der Waals surface area contributed by atoms with Gasteiger partial charge in [-0.05, 0) is 66.2 Å². The van der Waals surface area contributed by atoms with Crippen LogP contribution in [-0.2, 0) is 14.0 Å². The summed E-state index contributed by atoms with van der Waals surface area (Å²) >= 11 is 0. The molecule has 7 nitrogen and oxygen atoms in total. The van der Waals surface area contributed by atoms with Gasteiger partial charge in [-0.15, -0.1) is 0 Å². The van der Waals surface area contributed by atoms with E-state index in [-0.39, 0.29) is 11.8 Å². The van der Waals surface area contributed by atoms with Gasteiger partial charge in [0, 0.05) is 44.0 Å². The number of ether oxygens (including phenoxy) is 2. The van der Waals surface area contributed by atoms with Crippen molar-refractivity contribution < 1.29 is 33.1 Å². The third-order valence-corrected chi connectivity index (χ3v) is 7.19. The molecule has 2 saturated heterocycles. The van der Waals surface area contributed by atoms with Crippen LogP contribution in [0.4, 0.5) is 9.18 Å². The molecule has 0 radical (unpaired) electrons. The summed E-state index contributed by atoms with van der Waals surface area (Å²) in [7, 11) is -1.13. The molecular formula is C25H35BFNO6. The van der Waals surface area contributed by atoms with Gasteiger partial charge in [-0.3, -0.25) is 0 Å². The molecule has 0 aromatic heterocycles. The lowest BCUT2D eigenvalue weighted by molar-refractivity contribution is -0.0182. The first kappa shape index (κ1) is 24.9. The average molecular weight is 475 g/mol. The molecule has 0 unspecified atom stereocenters. The van der Waals surface area contributed by atoms with Crippen LogP contribution in [0.15, 0.2) is 23.9 Å². The summed E-state index contributed by atoms with van der Waals surface area (Å²) in [5.41, 5.74) is -2.09. The standard InChI is InChI=1S/C25H35BFNO6/c1-22(2,3)32-21(30)28-12-10-25(11-13-28)15-18(17-9-8-16(29)14-19(17)31-25)20(27)26-33-23(4,5)24(6,7)34-26/h8-9,14,29H,10-13,15H2,1-7H3. The van der Waals surface area contributed by atoms with Gasteiger partial charge in [0.15, 0.2) is 0 Å². The van der Waals surface area contributed by atoms with Crippen LogP contribution in [0, 0.1) is 0 Å². The van der Waals surface area contributed by atoms with Crippen LogP contribution in [0.25, 0.3) is 5.57 Å². The van der Waals surface area contributed by atoms with E-state index < -0.39 is 35.2 Å². The summed E-state index contributed by atoms with van der Waals surface area (Å²) < 4.78 is 39.8. The van der Waals surface area contributed by atoms with Gasteiger partial charge in [0.2, 0.25) is 0 Å². The van der Waals surface area contributed by atoms with Crippen molar-refractivity contribution in [3.8, 4) is 11.5 Å². The Bertz CT molecular complexity index is 991. The lowest BCUT2D eigenvalue weighted by Gasteiger charge is -2.45. The number of halogens is 1. The van der Waals surface area contributed by atoms with Gasteiger partial charge >= 0.3 is 13.2 Å². The number of hydrogen-bond acceptors (Lipinski definition) is 6. The van der Waals surface area contributed by atoms with Crippen LogP contribution < -0.4 is 4.74 Å². The van der Waals surface area contributed by atoms with E-state index in [0.717, 1.165) is 0 Å². The minimum atomic E-state index is -1.13. The lowest BCUT2D eigenvalue weighted by Crippen LogP contribution is -2.52. The van der Waals surface area contributed by atoms with Crippen LogP contribution in [0.5, 0.6) is 11.5 Å². The third-order valence-electron chi connectivity index (χ3n) is 7.19. The van der Waals surface area contributed by atoms with Crippen molar-refractivity contribution in [1.29, 1.82) is 0 Å². The second-order valence-electron chi connectivity index (χ2n) is 11.5.